The van der Waals surface area contributed by atoms with Gasteiger partial charge in [-0.3, -0.25) is 25.2 Å². The van der Waals surface area contributed by atoms with Gasteiger partial charge in [-0.2, -0.15) is 0 Å². The number of nitrogens with zero attached hydrogens (tertiary/aromatic N) is 1. The van der Waals surface area contributed by atoms with Crippen LogP contribution < -0.4 is 16.2 Å². The average Bonchev–Trinajstić information content (AvgIpc) is 3.27. The van der Waals surface area contributed by atoms with Crippen LogP contribution in [0.25, 0.3) is 5.69 Å². The van der Waals surface area contributed by atoms with Crippen LogP contribution in [0.2, 0.25) is 0 Å². The Hall–Kier alpha value is -3.52. The van der Waals surface area contributed by atoms with Gasteiger partial charge in [-0.15, -0.1) is 11.8 Å². The normalized spacial score (nSPS) is 15.2. The number of benzene rings is 2. The van der Waals surface area contributed by atoms with Gasteiger partial charge in [0.2, 0.25) is 11.8 Å². The first kappa shape index (κ1) is 18.8. The van der Waals surface area contributed by atoms with E-state index in [1.807, 2.05) is 65.5 Å². The van der Waals surface area contributed by atoms with Crippen molar-refractivity contribution in [3.05, 3.63) is 78.6 Å². The molecule has 0 aliphatic carbocycles. The van der Waals surface area contributed by atoms with Crippen molar-refractivity contribution in [1.29, 1.82) is 0 Å². The summed E-state index contributed by atoms with van der Waals surface area (Å²) in [5, 5.41) is 2.24. The summed E-state index contributed by atoms with van der Waals surface area (Å²) < 4.78 is 1.82. The lowest BCUT2D eigenvalue weighted by molar-refractivity contribution is -0.124. The van der Waals surface area contributed by atoms with E-state index in [1.165, 1.54) is 11.8 Å². The van der Waals surface area contributed by atoms with Gasteiger partial charge < -0.3 is 9.88 Å². The highest BCUT2D eigenvalue weighted by Gasteiger charge is 2.29. The Morgan fingerprint density at radius 3 is 2.52 bits per heavy atom. The average molecular weight is 406 g/mol. The van der Waals surface area contributed by atoms with Crippen molar-refractivity contribution >= 4 is 35.2 Å². The Balaban J connectivity index is 1.37. The van der Waals surface area contributed by atoms with E-state index in [1.54, 1.807) is 12.1 Å². The molecule has 8 heteroatoms. The molecule has 0 saturated heterocycles. The van der Waals surface area contributed by atoms with E-state index in [-0.39, 0.29) is 12.3 Å². The van der Waals surface area contributed by atoms with Crippen LogP contribution in [0.15, 0.2) is 78.0 Å². The lowest BCUT2D eigenvalue weighted by Gasteiger charge is -2.23. The predicted octanol–water partition coefficient (Wildman–Crippen LogP) is 2.74. The number of fused-ring (bicyclic) bond motifs is 1. The summed E-state index contributed by atoms with van der Waals surface area (Å²) in [4.78, 5) is 38.0. The number of carbonyl (C=O) groups excluding carboxylic acids is 3. The predicted molar refractivity (Wildman–Crippen MR) is 111 cm³/mol. The molecular formula is C21H18N4O3S. The topological polar surface area (TPSA) is 92.2 Å². The molecule has 7 nitrogen and oxygen atoms in total. The number of hydrazine groups is 1. The van der Waals surface area contributed by atoms with E-state index in [9.17, 15) is 14.4 Å². The molecule has 0 saturated carbocycles. The number of aromatic nitrogens is 1. The summed E-state index contributed by atoms with van der Waals surface area (Å²) in [5.41, 5.74) is 6.70. The molecule has 1 atom stereocenters. The van der Waals surface area contributed by atoms with Crippen molar-refractivity contribution in [1.82, 2.24) is 15.4 Å². The Kier molecular flexibility index (Phi) is 5.35. The molecule has 2 heterocycles. The SMILES string of the molecule is O=C(C[C@H]1Sc2ccccc2NC1=O)NNC(=O)c1ccccc1-n1cccc1. The summed E-state index contributed by atoms with van der Waals surface area (Å²) in [6.07, 6.45) is 3.62. The van der Waals surface area contributed by atoms with Crippen molar-refractivity contribution in [3.63, 3.8) is 0 Å². The number of thioether (sulfide) groups is 1. The summed E-state index contributed by atoms with van der Waals surface area (Å²) >= 11 is 1.34. The molecule has 4 rings (SSSR count). The van der Waals surface area contributed by atoms with Crippen molar-refractivity contribution in [2.75, 3.05) is 5.32 Å². The number of anilines is 1. The van der Waals surface area contributed by atoms with Crippen LogP contribution in [0.5, 0.6) is 0 Å². The maximum Gasteiger partial charge on any atom is 0.271 e. The van der Waals surface area contributed by atoms with Gasteiger partial charge in [0.1, 0.15) is 0 Å². The van der Waals surface area contributed by atoms with Crippen molar-refractivity contribution in [3.8, 4) is 5.69 Å². The molecule has 3 N–H and O–H groups in total. The molecule has 3 amide bonds. The number of hydrogen-bond acceptors (Lipinski definition) is 4. The highest BCUT2D eigenvalue weighted by molar-refractivity contribution is 8.01. The van der Waals surface area contributed by atoms with Crippen LogP contribution >= 0.6 is 11.8 Å². The largest absolute Gasteiger partial charge is 0.324 e. The number of amides is 3. The quantitative estimate of drug-likeness (QED) is 0.581. The van der Waals surface area contributed by atoms with E-state index in [4.69, 9.17) is 0 Å². The van der Waals surface area contributed by atoms with E-state index < -0.39 is 17.1 Å². The first-order valence-electron chi connectivity index (χ1n) is 9.00. The number of hydrogen-bond donors (Lipinski definition) is 3. The molecule has 0 unspecified atom stereocenters. The standard InChI is InChI=1S/C21H18N4O3S/c26-19(13-18-21(28)22-15-8-2-4-10-17(15)29-18)23-24-20(27)14-7-1-3-9-16(14)25-11-5-6-12-25/h1-12,18H,13H2,(H,22,28)(H,23,26)(H,24,27)/t18-/m1/s1. The minimum atomic E-state index is -0.561. The Morgan fingerprint density at radius 1 is 0.966 bits per heavy atom. The zero-order valence-electron chi connectivity index (χ0n) is 15.3. The Bertz CT molecular complexity index is 1070. The van der Waals surface area contributed by atoms with Gasteiger partial charge in [0, 0.05) is 23.7 Å². The highest BCUT2D eigenvalue weighted by Crippen LogP contribution is 2.36. The molecule has 146 valence electrons. The summed E-state index contributed by atoms with van der Waals surface area (Å²) in [6.45, 7) is 0. The fraction of sp³-hybridized carbons (Fsp3) is 0.0952. The lowest BCUT2D eigenvalue weighted by atomic mass is 10.1. The first-order valence-corrected chi connectivity index (χ1v) is 9.88. The number of carbonyl (C=O) groups is 3. The van der Waals surface area contributed by atoms with Crippen LogP contribution in [0, 0.1) is 0 Å². The van der Waals surface area contributed by atoms with Crippen molar-refractivity contribution in [2.24, 2.45) is 0 Å². The molecule has 29 heavy (non-hydrogen) atoms. The zero-order chi connectivity index (χ0) is 20.2. The van der Waals surface area contributed by atoms with Crippen LogP contribution in [0.3, 0.4) is 0 Å². The van der Waals surface area contributed by atoms with Crippen molar-refractivity contribution in [2.45, 2.75) is 16.6 Å². The van der Waals surface area contributed by atoms with Crippen LogP contribution in [-0.2, 0) is 9.59 Å². The fourth-order valence-corrected chi connectivity index (χ4v) is 4.14. The number of rotatable bonds is 4. The Morgan fingerprint density at radius 2 is 1.69 bits per heavy atom. The van der Waals surface area contributed by atoms with E-state index >= 15 is 0 Å². The van der Waals surface area contributed by atoms with Crippen LogP contribution in [0.4, 0.5) is 5.69 Å². The smallest absolute Gasteiger partial charge is 0.271 e. The molecule has 1 aromatic heterocycles. The second-order valence-corrected chi connectivity index (χ2v) is 7.65. The third kappa shape index (κ3) is 4.17. The van der Waals surface area contributed by atoms with E-state index in [2.05, 4.69) is 16.2 Å². The molecule has 3 aromatic rings. The van der Waals surface area contributed by atoms with Gasteiger partial charge in [-0.05, 0) is 36.4 Å². The molecule has 1 aliphatic rings. The summed E-state index contributed by atoms with van der Waals surface area (Å²) in [6, 6.07) is 18.2. The van der Waals surface area contributed by atoms with Gasteiger partial charge >= 0.3 is 0 Å². The minimum absolute atomic E-state index is 0.0512. The first-order chi connectivity index (χ1) is 14.1. The molecule has 0 radical (unpaired) electrons. The maximum atomic E-state index is 12.6. The van der Waals surface area contributed by atoms with Crippen molar-refractivity contribution < 1.29 is 14.4 Å². The van der Waals surface area contributed by atoms with Crippen LogP contribution in [-0.4, -0.2) is 27.5 Å². The molecule has 1 aliphatic heterocycles. The van der Waals surface area contributed by atoms with Gasteiger partial charge in [-0.25, -0.2) is 0 Å². The van der Waals surface area contributed by atoms with Crippen LogP contribution in [0.1, 0.15) is 16.8 Å². The summed E-state index contributed by atoms with van der Waals surface area (Å²) in [5.74, 6) is -1.11. The fourth-order valence-electron chi connectivity index (χ4n) is 3.03. The van der Waals surface area contributed by atoms with Gasteiger partial charge in [-0.1, -0.05) is 24.3 Å². The second-order valence-electron chi connectivity index (χ2n) is 6.41. The minimum Gasteiger partial charge on any atom is -0.324 e. The monoisotopic (exact) mass is 406 g/mol. The third-order valence-electron chi connectivity index (χ3n) is 4.42. The van der Waals surface area contributed by atoms with Gasteiger partial charge in [0.05, 0.1) is 22.2 Å². The zero-order valence-corrected chi connectivity index (χ0v) is 16.1. The number of para-hydroxylation sites is 2. The second kappa shape index (κ2) is 8.24. The number of nitrogens with one attached hydrogen (secondary N) is 3. The summed E-state index contributed by atoms with van der Waals surface area (Å²) in [7, 11) is 0. The lowest BCUT2D eigenvalue weighted by Crippen LogP contribution is -2.44. The third-order valence-corrected chi connectivity index (χ3v) is 5.70. The molecular weight excluding hydrogens is 388 g/mol. The molecule has 0 bridgehead atoms. The maximum absolute atomic E-state index is 12.6. The molecule has 0 fully saturated rings. The van der Waals surface area contributed by atoms with Gasteiger partial charge in [0.25, 0.3) is 5.91 Å². The highest BCUT2D eigenvalue weighted by atomic mass is 32.2. The van der Waals surface area contributed by atoms with E-state index in [0.29, 0.717) is 11.3 Å². The van der Waals surface area contributed by atoms with E-state index in [0.717, 1.165) is 10.6 Å². The molecule has 2 aromatic carbocycles. The Labute approximate surface area is 171 Å². The molecule has 0 spiro atoms. The van der Waals surface area contributed by atoms with Gasteiger partial charge in [0.15, 0.2) is 0 Å².